The molecule has 3 aromatic carbocycles. The van der Waals surface area contributed by atoms with Crippen molar-refractivity contribution in [3.8, 4) is 17.2 Å². The Balaban J connectivity index is 1.61. The van der Waals surface area contributed by atoms with Crippen LogP contribution in [0.5, 0.6) is 11.5 Å². The lowest BCUT2D eigenvalue weighted by Crippen LogP contribution is -2.07. The molecular formula is C24H20Cl3N3O2S. The predicted molar refractivity (Wildman–Crippen MR) is 134 cm³/mol. The monoisotopic (exact) mass is 519 g/mol. The van der Waals surface area contributed by atoms with Crippen LogP contribution >= 0.6 is 46.6 Å². The summed E-state index contributed by atoms with van der Waals surface area (Å²) in [5, 5.41) is 11.4. The Labute approximate surface area is 211 Å². The Morgan fingerprint density at radius 2 is 1.45 bits per heavy atom. The summed E-state index contributed by atoms with van der Waals surface area (Å²) in [5.74, 6) is 2.69. The van der Waals surface area contributed by atoms with Gasteiger partial charge in [0.15, 0.2) is 11.0 Å². The van der Waals surface area contributed by atoms with Crippen molar-refractivity contribution in [1.29, 1.82) is 0 Å². The molecule has 4 rings (SSSR count). The smallest absolute Gasteiger partial charge is 0.196 e. The summed E-state index contributed by atoms with van der Waals surface area (Å²) in [7, 11) is 0. The lowest BCUT2D eigenvalue weighted by molar-refractivity contribution is 0.293. The predicted octanol–water partition coefficient (Wildman–Crippen LogP) is 7.50. The number of rotatable bonds is 9. The van der Waals surface area contributed by atoms with Gasteiger partial charge in [0.2, 0.25) is 0 Å². The summed E-state index contributed by atoms with van der Waals surface area (Å²) < 4.78 is 13.5. The van der Waals surface area contributed by atoms with Crippen LogP contribution in [0.3, 0.4) is 0 Å². The van der Waals surface area contributed by atoms with Crippen molar-refractivity contribution >= 4 is 46.6 Å². The molecule has 0 spiro atoms. The van der Waals surface area contributed by atoms with Crippen LogP contribution in [0.4, 0.5) is 0 Å². The molecule has 170 valence electrons. The molecule has 4 aromatic rings. The maximum atomic E-state index is 6.35. The van der Waals surface area contributed by atoms with Gasteiger partial charge < -0.3 is 9.47 Å². The molecule has 1 aromatic heterocycles. The zero-order valence-corrected chi connectivity index (χ0v) is 20.8. The van der Waals surface area contributed by atoms with Gasteiger partial charge in [-0.2, -0.15) is 0 Å². The summed E-state index contributed by atoms with van der Waals surface area (Å²) in [6, 6.07) is 20.4. The third-order valence-corrected chi connectivity index (χ3v) is 6.61. The van der Waals surface area contributed by atoms with Gasteiger partial charge in [-0.15, -0.1) is 10.2 Å². The summed E-state index contributed by atoms with van der Waals surface area (Å²) in [5.41, 5.74) is 1.75. The van der Waals surface area contributed by atoms with Crippen molar-refractivity contribution in [2.45, 2.75) is 24.4 Å². The van der Waals surface area contributed by atoms with Gasteiger partial charge in [0.1, 0.15) is 18.1 Å². The van der Waals surface area contributed by atoms with E-state index >= 15 is 0 Å². The summed E-state index contributed by atoms with van der Waals surface area (Å²) >= 11 is 20.2. The molecule has 0 atom stereocenters. The minimum Gasteiger partial charge on any atom is -0.494 e. The van der Waals surface area contributed by atoms with E-state index in [9.17, 15) is 0 Å². The molecule has 33 heavy (non-hydrogen) atoms. The van der Waals surface area contributed by atoms with E-state index in [1.807, 2.05) is 66.1 Å². The molecule has 0 N–H and O–H groups in total. The first-order valence-electron chi connectivity index (χ1n) is 10.2. The lowest BCUT2D eigenvalue weighted by Gasteiger charge is -2.13. The van der Waals surface area contributed by atoms with Crippen molar-refractivity contribution in [2.24, 2.45) is 0 Å². The van der Waals surface area contributed by atoms with Crippen molar-refractivity contribution in [1.82, 2.24) is 14.8 Å². The number of halogens is 3. The van der Waals surface area contributed by atoms with E-state index < -0.39 is 0 Å². The van der Waals surface area contributed by atoms with Gasteiger partial charge in [-0.1, -0.05) is 52.6 Å². The Bertz CT molecular complexity index is 1190. The van der Waals surface area contributed by atoms with Crippen molar-refractivity contribution in [3.05, 3.63) is 93.2 Å². The van der Waals surface area contributed by atoms with Gasteiger partial charge in [0, 0.05) is 26.5 Å². The molecule has 0 amide bonds. The number of aromatic nitrogens is 3. The quantitative estimate of drug-likeness (QED) is 0.214. The maximum absolute atomic E-state index is 6.35. The van der Waals surface area contributed by atoms with Crippen LogP contribution in [0.1, 0.15) is 18.3 Å². The molecule has 0 aliphatic carbocycles. The highest BCUT2D eigenvalue weighted by atomic mass is 35.5. The molecule has 1 heterocycles. The molecule has 0 saturated carbocycles. The fourth-order valence-corrected chi connectivity index (χ4v) is 4.93. The van der Waals surface area contributed by atoms with Crippen molar-refractivity contribution in [2.75, 3.05) is 6.61 Å². The average Bonchev–Trinajstić information content (AvgIpc) is 3.22. The molecule has 5 nitrogen and oxygen atoms in total. The molecule has 0 bridgehead atoms. The number of nitrogens with zero attached hydrogens (tertiary/aromatic N) is 3. The Kier molecular flexibility index (Phi) is 8.04. The van der Waals surface area contributed by atoms with E-state index in [0.717, 1.165) is 17.0 Å². The lowest BCUT2D eigenvalue weighted by atomic mass is 10.2. The third-order valence-electron chi connectivity index (χ3n) is 4.70. The molecule has 0 radical (unpaired) electrons. The van der Waals surface area contributed by atoms with Crippen LogP contribution in [0.25, 0.3) is 5.69 Å². The SMILES string of the molecule is CCOc1ccc(-n2c(COc3ccc(Cl)cc3)nnc2SCc2c(Cl)cccc2Cl)cc1. The number of hydrogen-bond donors (Lipinski definition) is 0. The van der Waals surface area contributed by atoms with E-state index in [4.69, 9.17) is 44.3 Å². The molecule has 0 unspecified atom stereocenters. The highest BCUT2D eigenvalue weighted by Crippen LogP contribution is 2.32. The van der Waals surface area contributed by atoms with Crippen LogP contribution in [0, 0.1) is 0 Å². The Morgan fingerprint density at radius 1 is 0.818 bits per heavy atom. The first kappa shape index (κ1) is 23.8. The number of benzene rings is 3. The molecule has 0 aliphatic rings. The van der Waals surface area contributed by atoms with Gasteiger partial charge in [-0.3, -0.25) is 4.57 Å². The van der Waals surface area contributed by atoms with Gasteiger partial charge >= 0.3 is 0 Å². The first-order chi connectivity index (χ1) is 16.0. The minimum absolute atomic E-state index is 0.231. The van der Waals surface area contributed by atoms with Gasteiger partial charge in [-0.05, 0) is 73.2 Å². The second kappa shape index (κ2) is 11.2. The van der Waals surface area contributed by atoms with E-state index in [1.165, 1.54) is 11.8 Å². The normalized spacial score (nSPS) is 10.9. The summed E-state index contributed by atoms with van der Waals surface area (Å²) in [6.45, 7) is 2.79. The van der Waals surface area contributed by atoms with Gasteiger partial charge in [0.05, 0.1) is 6.61 Å². The third kappa shape index (κ3) is 5.95. The fourth-order valence-electron chi connectivity index (χ4n) is 3.09. The van der Waals surface area contributed by atoms with Crippen molar-refractivity contribution in [3.63, 3.8) is 0 Å². The molecule has 0 fully saturated rings. The van der Waals surface area contributed by atoms with E-state index in [1.54, 1.807) is 12.1 Å². The summed E-state index contributed by atoms with van der Waals surface area (Å²) in [4.78, 5) is 0. The molecule has 0 aliphatic heterocycles. The van der Waals surface area contributed by atoms with Gasteiger partial charge in [-0.25, -0.2) is 0 Å². The molecular weight excluding hydrogens is 501 g/mol. The molecule has 9 heteroatoms. The van der Waals surface area contributed by atoms with Gasteiger partial charge in [0.25, 0.3) is 0 Å². The highest BCUT2D eigenvalue weighted by Gasteiger charge is 2.17. The first-order valence-corrected chi connectivity index (χ1v) is 12.3. The Hall–Kier alpha value is -2.38. The number of hydrogen-bond acceptors (Lipinski definition) is 5. The highest BCUT2D eigenvalue weighted by molar-refractivity contribution is 7.98. The van der Waals surface area contributed by atoms with Crippen LogP contribution in [0.15, 0.2) is 71.9 Å². The van der Waals surface area contributed by atoms with E-state index in [-0.39, 0.29) is 6.61 Å². The summed E-state index contributed by atoms with van der Waals surface area (Å²) in [6.07, 6.45) is 0. The van der Waals surface area contributed by atoms with Crippen LogP contribution in [-0.2, 0) is 12.4 Å². The Morgan fingerprint density at radius 3 is 2.12 bits per heavy atom. The second-order valence-electron chi connectivity index (χ2n) is 6.89. The van der Waals surface area contributed by atoms with Crippen LogP contribution < -0.4 is 9.47 Å². The second-order valence-corrected chi connectivity index (χ2v) is 9.09. The molecule has 0 saturated heterocycles. The fraction of sp³-hybridized carbons (Fsp3) is 0.167. The number of ether oxygens (including phenoxy) is 2. The van der Waals surface area contributed by atoms with Crippen molar-refractivity contribution < 1.29 is 9.47 Å². The number of thioether (sulfide) groups is 1. The zero-order chi connectivity index (χ0) is 23.2. The standard InChI is InChI=1S/C24H20Cl3N3O2S/c1-2-31-18-12-8-17(9-13-18)30-23(14-32-19-10-6-16(25)7-11-19)28-29-24(30)33-15-20-21(26)4-3-5-22(20)27/h3-13H,2,14-15H2,1H3. The minimum atomic E-state index is 0.231. The topological polar surface area (TPSA) is 49.2 Å². The zero-order valence-electron chi connectivity index (χ0n) is 17.7. The largest absolute Gasteiger partial charge is 0.494 e. The van der Waals surface area contributed by atoms with E-state index in [0.29, 0.717) is 44.2 Å². The average molecular weight is 521 g/mol. The van der Waals surface area contributed by atoms with Crippen LogP contribution in [0.2, 0.25) is 15.1 Å². The van der Waals surface area contributed by atoms with E-state index in [2.05, 4.69) is 10.2 Å². The van der Waals surface area contributed by atoms with Crippen LogP contribution in [-0.4, -0.2) is 21.4 Å². The maximum Gasteiger partial charge on any atom is 0.196 e.